The van der Waals surface area contributed by atoms with Crippen molar-refractivity contribution < 1.29 is 14.6 Å². The van der Waals surface area contributed by atoms with Crippen LogP contribution in [0.1, 0.15) is 54.8 Å². The molecule has 0 aromatic carbocycles. The first-order valence-corrected chi connectivity index (χ1v) is 13.5. The van der Waals surface area contributed by atoms with E-state index in [0.29, 0.717) is 28.6 Å². The molecule has 1 aliphatic carbocycles. The lowest BCUT2D eigenvalue weighted by Gasteiger charge is -2.52. The summed E-state index contributed by atoms with van der Waals surface area (Å²) in [6.07, 6.45) is 11.7. The minimum atomic E-state index is -0.704. The second kappa shape index (κ2) is 10.2. The fraction of sp³-hybridized carbons (Fsp3) is 0.367. The van der Waals surface area contributed by atoms with E-state index in [0.717, 1.165) is 55.6 Å². The molecule has 2 aliphatic rings. The predicted octanol–water partition coefficient (Wildman–Crippen LogP) is 4.02. The molecule has 6 rings (SSSR count). The number of aromatic nitrogens is 5. The maximum Gasteiger partial charge on any atom is 0.245 e. The lowest BCUT2D eigenvalue weighted by molar-refractivity contribution is -0.130. The topological polar surface area (TPSA) is 122 Å². The third-order valence-electron chi connectivity index (χ3n) is 8.50. The van der Waals surface area contributed by atoms with Gasteiger partial charge in [-0.1, -0.05) is 12.6 Å². The average Bonchev–Trinajstić information content (AvgIpc) is 3.57. The number of hydrogen-bond donors (Lipinski definition) is 1. The summed E-state index contributed by atoms with van der Waals surface area (Å²) in [4.78, 5) is 18.2. The zero-order chi connectivity index (χ0) is 27.9. The number of hydrogen-bond acceptors (Lipinski definition) is 7. The second-order valence-corrected chi connectivity index (χ2v) is 10.8. The summed E-state index contributed by atoms with van der Waals surface area (Å²) in [5.74, 6) is 0.454. The average molecular weight is 538 g/mol. The van der Waals surface area contributed by atoms with Crippen molar-refractivity contribution in [2.24, 2.45) is 5.41 Å². The highest BCUT2D eigenvalue weighted by molar-refractivity contribution is 5.87. The van der Waals surface area contributed by atoms with Crippen molar-refractivity contribution in [3.8, 4) is 22.9 Å². The number of nitriles is 1. The molecule has 1 saturated carbocycles. The molecule has 4 aromatic heterocycles. The van der Waals surface area contributed by atoms with Crippen molar-refractivity contribution in [2.45, 2.75) is 44.8 Å². The first-order valence-electron chi connectivity index (χ1n) is 13.5. The Kier molecular flexibility index (Phi) is 6.60. The number of ether oxygens (including phenoxy) is 1. The van der Waals surface area contributed by atoms with E-state index in [1.54, 1.807) is 22.8 Å². The van der Waals surface area contributed by atoms with E-state index >= 15 is 0 Å². The first kappa shape index (κ1) is 25.8. The molecule has 40 heavy (non-hydrogen) atoms. The van der Waals surface area contributed by atoms with Crippen molar-refractivity contribution in [1.29, 1.82) is 5.26 Å². The summed E-state index contributed by atoms with van der Waals surface area (Å²) in [7, 11) is 0. The largest absolute Gasteiger partial charge is 0.479 e. The van der Waals surface area contributed by atoms with Gasteiger partial charge < -0.3 is 14.7 Å². The van der Waals surface area contributed by atoms with Crippen molar-refractivity contribution in [2.75, 3.05) is 19.7 Å². The lowest BCUT2D eigenvalue weighted by atomic mass is 9.60. The van der Waals surface area contributed by atoms with Crippen LogP contribution in [0.2, 0.25) is 0 Å². The molecule has 0 radical (unpaired) electrons. The van der Waals surface area contributed by atoms with E-state index in [2.05, 4.69) is 34.3 Å². The van der Waals surface area contributed by atoms with E-state index < -0.39 is 6.10 Å². The van der Waals surface area contributed by atoms with Gasteiger partial charge >= 0.3 is 0 Å². The number of nitrogens with zero attached hydrogens (tertiary/aromatic N) is 7. The van der Waals surface area contributed by atoms with E-state index in [-0.39, 0.29) is 17.9 Å². The fourth-order valence-electron chi connectivity index (χ4n) is 6.24. The van der Waals surface area contributed by atoms with Gasteiger partial charge in [-0.15, -0.1) is 0 Å². The van der Waals surface area contributed by atoms with Crippen LogP contribution in [-0.4, -0.2) is 60.0 Å². The van der Waals surface area contributed by atoms with Gasteiger partial charge in [0.2, 0.25) is 5.91 Å². The number of amides is 1. The van der Waals surface area contributed by atoms with Crippen LogP contribution in [0.15, 0.2) is 61.7 Å². The van der Waals surface area contributed by atoms with Crippen LogP contribution in [0.3, 0.4) is 0 Å². The molecule has 2 fully saturated rings. The summed E-state index contributed by atoms with van der Waals surface area (Å²) in [5.41, 5.74) is 4.62. The number of fused-ring (bicyclic) bond motifs is 1. The van der Waals surface area contributed by atoms with Gasteiger partial charge in [-0.3, -0.25) is 14.5 Å². The molecule has 1 saturated heterocycles. The Morgan fingerprint density at radius 3 is 2.77 bits per heavy atom. The molecule has 204 valence electrons. The molecule has 10 heteroatoms. The molecule has 5 heterocycles. The monoisotopic (exact) mass is 537 g/mol. The molecule has 0 unspecified atom stereocenters. The quantitative estimate of drug-likeness (QED) is 0.354. The molecular weight excluding hydrogens is 506 g/mol. The van der Waals surface area contributed by atoms with E-state index in [1.165, 1.54) is 12.3 Å². The minimum absolute atomic E-state index is 0.0167. The third-order valence-corrected chi connectivity index (χ3v) is 8.50. The van der Waals surface area contributed by atoms with Crippen LogP contribution in [0.25, 0.3) is 16.6 Å². The standard InChI is InChI=1S/C30H31N7O3/c1-3-28(39)35-10-7-30(8-11-35)13-23(14-30)37-20(2)24(17-34-37)21-12-26(29-22(15-31)16-33-36(29)18-21)40-27(19-38)25-6-4-5-9-32-25/h3-6,9,12,16-18,23,27,38H,1,7-8,10-11,13-14,19H2,2H3/t27-/m1/s1. The van der Waals surface area contributed by atoms with Gasteiger partial charge in [-0.2, -0.15) is 15.5 Å². The number of likely N-dealkylation sites (tertiary alicyclic amines) is 1. The Morgan fingerprint density at radius 1 is 1.30 bits per heavy atom. The summed E-state index contributed by atoms with van der Waals surface area (Å²) < 4.78 is 10.0. The highest BCUT2D eigenvalue weighted by atomic mass is 16.5. The van der Waals surface area contributed by atoms with Crippen LogP contribution in [0.5, 0.6) is 5.75 Å². The summed E-state index contributed by atoms with van der Waals surface area (Å²) in [6, 6.07) is 9.82. The number of carbonyl (C=O) groups excluding carboxylic acids is 1. The Balaban J connectivity index is 1.27. The molecule has 0 bridgehead atoms. The number of piperidine rings is 1. The fourth-order valence-corrected chi connectivity index (χ4v) is 6.24. The Hall–Kier alpha value is -4.49. The summed E-state index contributed by atoms with van der Waals surface area (Å²) in [6.45, 7) is 6.97. The van der Waals surface area contributed by atoms with Crippen molar-refractivity contribution >= 4 is 11.4 Å². The van der Waals surface area contributed by atoms with Gasteiger partial charge in [0.15, 0.2) is 6.10 Å². The van der Waals surface area contributed by atoms with Gasteiger partial charge in [0.05, 0.1) is 30.7 Å². The van der Waals surface area contributed by atoms with Crippen molar-refractivity contribution in [3.05, 3.63) is 78.7 Å². The van der Waals surface area contributed by atoms with E-state index in [4.69, 9.17) is 9.84 Å². The zero-order valence-corrected chi connectivity index (χ0v) is 22.4. The van der Waals surface area contributed by atoms with Gasteiger partial charge in [0, 0.05) is 42.3 Å². The number of aliphatic hydroxyl groups is 1. The van der Waals surface area contributed by atoms with Crippen LogP contribution in [0, 0.1) is 23.7 Å². The van der Waals surface area contributed by atoms with Gasteiger partial charge in [-0.25, -0.2) is 4.52 Å². The van der Waals surface area contributed by atoms with Crippen LogP contribution in [0.4, 0.5) is 0 Å². The normalized spacial score (nSPS) is 17.4. The molecule has 1 N–H and O–H groups in total. The highest BCUT2D eigenvalue weighted by Crippen LogP contribution is 2.55. The van der Waals surface area contributed by atoms with E-state index in [9.17, 15) is 15.2 Å². The summed E-state index contributed by atoms with van der Waals surface area (Å²) >= 11 is 0. The number of pyridine rings is 2. The predicted molar refractivity (Wildman–Crippen MR) is 147 cm³/mol. The Labute approximate surface area is 232 Å². The van der Waals surface area contributed by atoms with Crippen LogP contribution >= 0.6 is 0 Å². The zero-order valence-electron chi connectivity index (χ0n) is 22.4. The molecule has 1 spiro atoms. The molecule has 4 aromatic rings. The van der Waals surface area contributed by atoms with Gasteiger partial charge in [-0.05, 0) is 62.3 Å². The molecular formula is C30H31N7O3. The number of carbonyl (C=O) groups is 1. The molecule has 1 aliphatic heterocycles. The Morgan fingerprint density at radius 2 is 2.10 bits per heavy atom. The third kappa shape index (κ3) is 4.42. The van der Waals surface area contributed by atoms with Gasteiger partial charge in [0.25, 0.3) is 0 Å². The molecule has 1 atom stereocenters. The molecule has 10 nitrogen and oxygen atoms in total. The smallest absolute Gasteiger partial charge is 0.245 e. The Bertz CT molecular complexity index is 1600. The van der Waals surface area contributed by atoms with Gasteiger partial charge in [0.1, 0.15) is 22.9 Å². The minimum Gasteiger partial charge on any atom is -0.479 e. The van der Waals surface area contributed by atoms with Crippen molar-refractivity contribution in [1.82, 2.24) is 29.3 Å². The first-order chi connectivity index (χ1) is 19.4. The molecule has 1 amide bonds. The lowest BCUT2D eigenvalue weighted by Crippen LogP contribution is -2.49. The maximum atomic E-state index is 12.0. The number of aliphatic hydroxyl groups excluding tert-OH is 1. The SMILES string of the molecule is C=CC(=O)N1CCC2(CC1)CC(n1ncc(-c3cc(O[C@H](CO)c4ccccn4)c4c(C#N)cnn4c3)c1C)C2. The number of rotatable bonds is 7. The highest BCUT2D eigenvalue weighted by Gasteiger charge is 2.47. The van der Waals surface area contributed by atoms with E-state index in [1.807, 2.05) is 29.4 Å². The maximum absolute atomic E-state index is 12.0. The van der Waals surface area contributed by atoms with Crippen LogP contribution < -0.4 is 4.74 Å². The second-order valence-electron chi connectivity index (χ2n) is 10.8. The van der Waals surface area contributed by atoms with Crippen molar-refractivity contribution in [3.63, 3.8) is 0 Å². The van der Waals surface area contributed by atoms with Crippen LogP contribution in [-0.2, 0) is 4.79 Å². The summed E-state index contributed by atoms with van der Waals surface area (Å²) in [5, 5.41) is 28.9.